The van der Waals surface area contributed by atoms with Crippen molar-refractivity contribution in [3.05, 3.63) is 131 Å². The monoisotopic (exact) mass is 687 g/mol. The minimum Gasteiger partial charge on any atom is -0.370 e. The number of hydrogen-bond donors (Lipinski definition) is 0. The van der Waals surface area contributed by atoms with Crippen molar-refractivity contribution in [2.45, 2.75) is 114 Å². The van der Waals surface area contributed by atoms with E-state index in [0.717, 1.165) is 51.4 Å². The Labute approximate surface area is 309 Å². The SMILES string of the molecule is C1=CCCC(n2c3c(c4cc(C5CC=CC6C5OC5CCCC=C5C65C6C=CC=CC6OC6CC(C7=CCCCC7)C=CC65)ccc42)CCC=C3)=C1. The lowest BCUT2D eigenvalue weighted by Gasteiger charge is -2.65. The first-order chi connectivity index (χ1) is 25.8. The van der Waals surface area contributed by atoms with Crippen LogP contribution in [0.25, 0.3) is 22.7 Å². The fourth-order valence-corrected chi connectivity index (χ4v) is 12.5. The number of aryl methyl sites for hydroxylation is 1. The van der Waals surface area contributed by atoms with E-state index in [9.17, 15) is 0 Å². The molecule has 266 valence electrons. The van der Waals surface area contributed by atoms with E-state index >= 15 is 0 Å². The van der Waals surface area contributed by atoms with Gasteiger partial charge in [-0.15, -0.1) is 0 Å². The van der Waals surface area contributed by atoms with Gasteiger partial charge in [0.15, 0.2) is 0 Å². The molecule has 0 bridgehead atoms. The first-order valence-electron chi connectivity index (χ1n) is 20.9. The molecular weight excluding hydrogens is 635 g/mol. The van der Waals surface area contributed by atoms with Crippen LogP contribution in [-0.2, 0) is 15.9 Å². The van der Waals surface area contributed by atoms with Crippen LogP contribution in [0, 0.1) is 29.1 Å². The number of ether oxygens (including phenoxy) is 2. The van der Waals surface area contributed by atoms with Gasteiger partial charge in [0.1, 0.15) is 0 Å². The van der Waals surface area contributed by atoms with Gasteiger partial charge in [-0.1, -0.05) is 90.6 Å². The third-order valence-electron chi connectivity index (χ3n) is 14.7. The number of aromatic nitrogens is 1. The van der Waals surface area contributed by atoms with Gasteiger partial charge in [0.2, 0.25) is 0 Å². The van der Waals surface area contributed by atoms with E-state index in [-0.39, 0.29) is 29.8 Å². The number of fused-ring (bicyclic) bond motifs is 11. The summed E-state index contributed by atoms with van der Waals surface area (Å²) in [5.41, 5.74) is 10.4. The van der Waals surface area contributed by atoms with Gasteiger partial charge in [0.05, 0.1) is 29.9 Å². The van der Waals surface area contributed by atoms with Crippen molar-refractivity contribution in [3.63, 3.8) is 0 Å². The molecule has 2 aliphatic heterocycles. The Bertz CT molecular complexity index is 2060. The van der Waals surface area contributed by atoms with Gasteiger partial charge >= 0.3 is 0 Å². The van der Waals surface area contributed by atoms with Crippen LogP contribution in [0.3, 0.4) is 0 Å². The highest BCUT2D eigenvalue weighted by Gasteiger charge is 2.65. The lowest BCUT2D eigenvalue weighted by Crippen LogP contribution is -2.66. The van der Waals surface area contributed by atoms with E-state index in [1.54, 1.807) is 11.1 Å². The first kappa shape index (κ1) is 31.8. The molecule has 0 amide bonds. The summed E-state index contributed by atoms with van der Waals surface area (Å²) in [5, 5.41) is 1.45. The lowest BCUT2D eigenvalue weighted by molar-refractivity contribution is -0.204. The largest absolute Gasteiger partial charge is 0.370 e. The van der Waals surface area contributed by atoms with E-state index in [0.29, 0.717) is 29.6 Å². The number of benzene rings is 1. The van der Waals surface area contributed by atoms with Crippen LogP contribution in [0.5, 0.6) is 0 Å². The Kier molecular flexibility index (Phi) is 7.80. The van der Waals surface area contributed by atoms with Gasteiger partial charge in [-0.3, -0.25) is 0 Å². The summed E-state index contributed by atoms with van der Waals surface area (Å²) >= 11 is 0. The summed E-state index contributed by atoms with van der Waals surface area (Å²) < 4.78 is 17.3. The van der Waals surface area contributed by atoms with E-state index in [2.05, 4.69) is 114 Å². The van der Waals surface area contributed by atoms with Crippen LogP contribution in [0.15, 0.2) is 114 Å². The van der Waals surface area contributed by atoms with Crippen LogP contribution in [0.2, 0.25) is 0 Å². The van der Waals surface area contributed by atoms with E-state index in [1.165, 1.54) is 65.5 Å². The Morgan fingerprint density at radius 2 is 1.69 bits per heavy atom. The summed E-state index contributed by atoms with van der Waals surface area (Å²) in [6, 6.07) is 7.51. The van der Waals surface area contributed by atoms with E-state index in [1.807, 2.05) is 0 Å². The molecule has 52 heavy (non-hydrogen) atoms. The van der Waals surface area contributed by atoms with Gasteiger partial charge in [-0.2, -0.15) is 0 Å². The van der Waals surface area contributed by atoms with Gasteiger partial charge in [-0.05, 0) is 124 Å². The van der Waals surface area contributed by atoms with Crippen molar-refractivity contribution in [1.82, 2.24) is 4.57 Å². The molecule has 3 heterocycles. The number of nitrogens with zero attached hydrogens (tertiary/aromatic N) is 1. The van der Waals surface area contributed by atoms with Gasteiger partial charge < -0.3 is 14.0 Å². The fraction of sp³-hybridized carbons (Fsp3) is 0.469. The van der Waals surface area contributed by atoms with Crippen LogP contribution in [0.1, 0.15) is 99.8 Å². The predicted octanol–water partition coefficient (Wildman–Crippen LogP) is 11.5. The maximum atomic E-state index is 7.52. The number of rotatable bonds is 3. The molecule has 11 rings (SSSR count). The number of allylic oxidation sites excluding steroid dienone is 12. The molecule has 3 nitrogen and oxygen atoms in total. The maximum Gasteiger partial charge on any atom is 0.0834 e. The van der Waals surface area contributed by atoms with E-state index in [4.69, 9.17) is 9.47 Å². The van der Waals surface area contributed by atoms with Gasteiger partial charge in [0, 0.05) is 51.8 Å². The summed E-state index contributed by atoms with van der Waals surface area (Å²) in [5.74, 6) is 1.77. The summed E-state index contributed by atoms with van der Waals surface area (Å²) in [7, 11) is 0. The standard InChI is InChI=1S/C49H53NO2/c1-3-14-32(15-4-1)33-26-28-41-47(31-33)51-45-24-11-8-20-39(45)49(41)40-21-9-12-25-46(40)52-48-36(19-13-22-42(48)49)34-27-29-44-38(30-34)37-18-7-10-23-43(37)50(44)35-16-5-2-6-17-35/h2,5,8,10-11,13-14,16,20-24,26-30,33,36,39,41-42,45-48H,1,3-4,6-7,9,12,15,17-19,25,31H2. The molecule has 2 fully saturated rings. The molecule has 1 aromatic carbocycles. The van der Waals surface area contributed by atoms with Crippen LogP contribution >= 0.6 is 0 Å². The molecule has 2 aromatic rings. The summed E-state index contributed by atoms with van der Waals surface area (Å²) in [4.78, 5) is 0. The average molecular weight is 688 g/mol. The second-order valence-corrected chi connectivity index (χ2v) is 17.2. The first-order valence-corrected chi connectivity index (χ1v) is 20.9. The molecule has 9 aliphatic rings. The Morgan fingerprint density at radius 3 is 2.62 bits per heavy atom. The Hall–Kier alpha value is -3.66. The van der Waals surface area contributed by atoms with Crippen molar-refractivity contribution in [3.8, 4) is 0 Å². The zero-order valence-electron chi connectivity index (χ0n) is 30.5. The average Bonchev–Trinajstić information content (AvgIpc) is 3.55. The van der Waals surface area contributed by atoms with Crippen LogP contribution < -0.4 is 0 Å². The zero-order valence-corrected chi connectivity index (χ0v) is 30.5. The molecule has 10 unspecified atom stereocenters. The second-order valence-electron chi connectivity index (χ2n) is 17.2. The topological polar surface area (TPSA) is 23.4 Å². The van der Waals surface area contributed by atoms with Crippen molar-refractivity contribution < 1.29 is 9.47 Å². The fourth-order valence-electron chi connectivity index (χ4n) is 12.5. The summed E-state index contributed by atoms with van der Waals surface area (Å²) in [6.07, 6.45) is 52.6. The smallest absolute Gasteiger partial charge is 0.0834 e. The Morgan fingerprint density at radius 1 is 0.750 bits per heavy atom. The molecule has 2 saturated heterocycles. The molecule has 0 saturated carbocycles. The molecule has 3 heteroatoms. The normalized spacial score (nSPS) is 38.5. The molecular formula is C49H53NO2. The van der Waals surface area contributed by atoms with Gasteiger partial charge in [-0.25, -0.2) is 0 Å². The molecule has 1 aromatic heterocycles. The highest BCUT2D eigenvalue weighted by Crippen LogP contribution is 2.66. The molecule has 1 spiro atoms. The predicted molar refractivity (Wildman–Crippen MR) is 213 cm³/mol. The third kappa shape index (κ3) is 4.77. The number of hydrogen-bond acceptors (Lipinski definition) is 2. The highest BCUT2D eigenvalue weighted by molar-refractivity contribution is 5.92. The molecule has 10 atom stereocenters. The molecule has 0 N–H and O–H groups in total. The molecule has 0 radical (unpaired) electrons. The summed E-state index contributed by atoms with van der Waals surface area (Å²) in [6.45, 7) is 0. The minimum absolute atomic E-state index is 0.0568. The van der Waals surface area contributed by atoms with Crippen molar-refractivity contribution in [2.24, 2.45) is 29.1 Å². The van der Waals surface area contributed by atoms with Crippen molar-refractivity contribution in [1.29, 1.82) is 0 Å². The van der Waals surface area contributed by atoms with E-state index < -0.39 is 0 Å². The molecule has 7 aliphatic carbocycles. The van der Waals surface area contributed by atoms with Crippen molar-refractivity contribution in [2.75, 3.05) is 0 Å². The third-order valence-corrected chi connectivity index (χ3v) is 14.7. The highest BCUT2D eigenvalue weighted by atomic mass is 16.5. The Balaban J connectivity index is 1.04. The zero-order chi connectivity index (χ0) is 34.2. The van der Waals surface area contributed by atoms with Gasteiger partial charge in [0.25, 0.3) is 0 Å². The lowest BCUT2D eigenvalue weighted by atomic mass is 9.45. The van der Waals surface area contributed by atoms with Crippen LogP contribution in [-0.4, -0.2) is 29.0 Å². The second kappa shape index (κ2) is 12.7. The quantitative estimate of drug-likeness (QED) is 0.300. The minimum atomic E-state index is -0.0568. The maximum absolute atomic E-state index is 7.52. The van der Waals surface area contributed by atoms with Crippen LogP contribution in [0.4, 0.5) is 0 Å². The van der Waals surface area contributed by atoms with Crippen molar-refractivity contribution >= 4 is 22.7 Å².